The van der Waals surface area contributed by atoms with Crippen molar-refractivity contribution in [2.45, 2.75) is 19.9 Å². The number of carboxylic acids is 2. The second-order valence-electron chi connectivity index (χ2n) is 7.35. The van der Waals surface area contributed by atoms with Gasteiger partial charge in [0.25, 0.3) is 5.91 Å². The molecular formula is C24H22BrClN4O8. The molecule has 200 valence electrons. The molecule has 12 nitrogen and oxygen atoms in total. The van der Waals surface area contributed by atoms with Gasteiger partial charge in [-0.25, -0.2) is 14.4 Å². The number of rotatable bonds is 7. The second kappa shape index (κ2) is 13.9. The number of aliphatic carboxylic acids is 2. The Morgan fingerprint density at radius 1 is 1.16 bits per heavy atom. The van der Waals surface area contributed by atoms with Gasteiger partial charge in [-0.15, -0.1) is 0 Å². The lowest BCUT2D eigenvalue weighted by Gasteiger charge is -2.29. The van der Waals surface area contributed by atoms with Crippen LogP contribution in [0.3, 0.4) is 0 Å². The van der Waals surface area contributed by atoms with E-state index in [-0.39, 0.29) is 23.3 Å². The Bertz CT molecular complexity index is 1300. The Morgan fingerprint density at radius 3 is 2.34 bits per heavy atom. The van der Waals surface area contributed by atoms with E-state index in [9.17, 15) is 9.59 Å². The Balaban J connectivity index is 0.000000757. The molecule has 0 aliphatic carbocycles. The number of carbonyl (C=O) groups excluding carboxylic acids is 2. The molecular weight excluding hydrogens is 588 g/mol. The van der Waals surface area contributed by atoms with Crippen molar-refractivity contribution in [2.24, 2.45) is 0 Å². The zero-order valence-electron chi connectivity index (χ0n) is 20.0. The summed E-state index contributed by atoms with van der Waals surface area (Å²) in [5.41, 5.74) is 1.85. The summed E-state index contributed by atoms with van der Waals surface area (Å²) in [5, 5.41) is 32.0. The van der Waals surface area contributed by atoms with E-state index in [4.69, 9.17) is 46.1 Å². The zero-order valence-corrected chi connectivity index (χ0v) is 22.3. The molecule has 2 aromatic carbocycles. The Morgan fingerprint density at radius 2 is 1.79 bits per heavy atom. The third-order valence-corrected chi connectivity index (χ3v) is 5.55. The normalized spacial score (nSPS) is 14.1. The number of hydrogen-bond acceptors (Lipinski definition) is 7. The van der Waals surface area contributed by atoms with Crippen molar-refractivity contribution in [3.05, 3.63) is 62.7 Å². The highest BCUT2D eigenvalue weighted by Crippen LogP contribution is 2.40. The van der Waals surface area contributed by atoms with Crippen molar-refractivity contribution in [3.8, 4) is 17.6 Å². The summed E-state index contributed by atoms with van der Waals surface area (Å²) in [7, 11) is 0. The maximum absolute atomic E-state index is 13.2. The van der Waals surface area contributed by atoms with Crippen molar-refractivity contribution in [2.75, 3.05) is 18.5 Å². The van der Waals surface area contributed by atoms with Crippen LogP contribution in [0, 0.1) is 11.3 Å². The number of anilines is 1. The molecule has 14 heteroatoms. The lowest BCUT2D eigenvalue weighted by molar-refractivity contribution is -0.159. The number of nitriles is 1. The molecule has 0 fully saturated rings. The predicted molar refractivity (Wildman–Crippen MR) is 139 cm³/mol. The van der Waals surface area contributed by atoms with Crippen LogP contribution in [0.5, 0.6) is 11.5 Å². The van der Waals surface area contributed by atoms with Gasteiger partial charge in [0, 0.05) is 15.9 Å². The molecule has 0 aromatic heterocycles. The van der Waals surface area contributed by atoms with Gasteiger partial charge in [0.1, 0.15) is 6.07 Å². The molecule has 0 radical (unpaired) electrons. The Hall–Kier alpha value is -4.28. The molecule has 0 saturated carbocycles. The molecule has 2 aromatic rings. The van der Waals surface area contributed by atoms with Gasteiger partial charge in [-0.1, -0.05) is 27.5 Å². The topological polar surface area (TPSA) is 187 Å². The number of carbonyl (C=O) groups is 4. The van der Waals surface area contributed by atoms with E-state index >= 15 is 0 Å². The summed E-state index contributed by atoms with van der Waals surface area (Å²) in [6.45, 7) is 3.57. The first kappa shape index (κ1) is 29.9. The second-order valence-corrected chi connectivity index (χ2v) is 8.67. The molecule has 3 rings (SSSR count). The standard InChI is InChI=1S/C22H20BrClN4O4.C2H2O4/c1-3-31-17-11-13(10-16(24)20(17)32-9-8-25)19-18(12(2)26-22(30)28-19)21(29)27-15-6-4-14(23)5-7-15;3-1(4)2(5)6/h4-7,10-11,19H,3,9H2,1-2H3,(H,27,29)(H2,26,28,30);(H,3,4)(H,5,6). The fourth-order valence-corrected chi connectivity index (χ4v) is 3.78. The van der Waals surface area contributed by atoms with Gasteiger partial charge in [-0.2, -0.15) is 5.26 Å². The summed E-state index contributed by atoms with van der Waals surface area (Å²) in [5.74, 6) is -3.50. The molecule has 1 aliphatic rings. The molecule has 0 bridgehead atoms. The molecule has 0 saturated heterocycles. The largest absolute Gasteiger partial charge is 0.490 e. The number of benzene rings is 2. The van der Waals surface area contributed by atoms with Crippen LogP contribution in [-0.4, -0.2) is 47.3 Å². The first-order chi connectivity index (χ1) is 18.0. The van der Waals surface area contributed by atoms with Gasteiger partial charge in [-0.05, 0) is 55.8 Å². The summed E-state index contributed by atoms with van der Waals surface area (Å²) >= 11 is 9.77. The first-order valence-electron chi connectivity index (χ1n) is 10.8. The van der Waals surface area contributed by atoms with Crippen molar-refractivity contribution >= 4 is 57.1 Å². The van der Waals surface area contributed by atoms with Crippen LogP contribution < -0.4 is 25.4 Å². The molecule has 1 unspecified atom stereocenters. The molecule has 1 aliphatic heterocycles. The SMILES string of the molecule is CCOc1cc(C2NC(=O)NC(C)=C2C(=O)Nc2ccc(Br)cc2)cc(Cl)c1OCC#N.O=C(O)C(=O)O. The minimum absolute atomic E-state index is 0.194. The fourth-order valence-electron chi connectivity index (χ4n) is 3.24. The van der Waals surface area contributed by atoms with Gasteiger partial charge in [0.05, 0.1) is 23.2 Å². The minimum atomic E-state index is -1.82. The lowest BCUT2D eigenvalue weighted by Crippen LogP contribution is -2.46. The number of hydrogen-bond donors (Lipinski definition) is 5. The number of urea groups is 1. The van der Waals surface area contributed by atoms with Crippen molar-refractivity contribution in [1.29, 1.82) is 5.26 Å². The number of nitrogens with one attached hydrogen (secondary N) is 3. The predicted octanol–water partition coefficient (Wildman–Crippen LogP) is 3.83. The van der Waals surface area contributed by atoms with E-state index in [2.05, 4.69) is 31.9 Å². The maximum Gasteiger partial charge on any atom is 0.414 e. The highest BCUT2D eigenvalue weighted by Gasteiger charge is 2.32. The van der Waals surface area contributed by atoms with Crippen molar-refractivity contribution < 1.29 is 38.9 Å². The van der Waals surface area contributed by atoms with Gasteiger partial charge >= 0.3 is 18.0 Å². The smallest absolute Gasteiger partial charge is 0.414 e. The van der Waals surface area contributed by atoms with Gasteiger partial charge in [0.15, 0.2) is 18.1 Å². The van der Waals surface area contributed by atoms with Crippen LogP contribution in [0.25, 0.3) is 0 Å². The molecule has 0 spiro atoms. The quantitative estimate of drug-likeness (QED) is 0.291. The maximum atomic E-state index is 13.2. The molecule has 5 N–H and O–H groups in total. The molecule has 38 heavy (non-hydrogen) atoms. The van der Waals surface area contributed by atoms with Crippen molar-refractivity contribution in [1.82, 2.24) is 10.6 Å². The van der Waals surface area contributed by atoms with E-state index in [0.29, 0.717) is 34.9 Å². The van der Waals surface area contributed by atoms with Gasteiger partial charge < -0.3 is 35.6 Å². The summed E-state index contributed by atoms with van der Waals surface area (Å²) in [6.07, 6.45) is 0. The van der Waals surface area contributed by atoms with Gasteiger partial charge in [-0.3, -0.25) is 4.79 Å². The Kier molecular flexibility index (Phi) is 10.9. The minimum Gasteiger partial charge on any atom is -0.490 e. The van der Waals surface area contributed by atoms with Crippen LogP contribution in [0.4, 0.5) is 10.5 Å². The number of ether oxygens (including phenoxy) is 2. The van der Waals surface area contributed by atoms with E-state index in [0.717, 1.165) is 4.47 Å². The fraction of sp³-hybridized carbons (Fsp3) is 0.208. The average Bonchev–Trinajstić information content (AvgIpc) is 2.84. The lowest BCUT2D eigenvalue weighted by atomic mass is 9.94. The number of carboxylic acid groups (broad SMARTS) is 2. The first-order valence-corrected chi connectivity index (χ1v) is 11.9. The number of allylic oxidation sites excluding steroid dienone is 1. The summed E-state index contributed by atoms with van der Waals surface area (Å²) < 4.78 is 11.9. The van der Waals surface area contributed by atoms with E-state index < -0.39 is 24.0 Å². The third kappa shape index (κ3) is 8.12. The summed E-state index contributed by atoms with van der Waals surface area (Å²) in [6, 6.07) is 11.0. The highest BCUT2D eigenvalue weighted by molar-refractivity contribution is 9.10. The number of amides is 3. The monoisotopic (exact) mass is 608 g/mol. The number of halogens is 2. The zero-order chi connectivity index (χ0) is 28.4. The third-order valence-electron chi connectivity index (χ3n) is 4.74. The van der Waals surface area contributed by atoms with E-state index in [1.807, 2.05) is 18.2 Å². The molecule has 3 amide bonds. The van der Waals surface area contributed by atoms with Gasteiger partial charge in [0.2, 0.25) is 0 Å². The number of nitrogens with zero attached hydrogens (tertiary/aromatic N) is 1. The van der Waals surface area contributed by atoms with E-state index in [1.54, 1.807) is 38.1 Å². The highest BCUT2D eigenvalue weighted by atomic mass is 79.9. The molecule has 1 atom stereocenters. The van der Waals surface area contributed by atoms with Crippen LogP contribution in [0.15, 0.2) is 52.1 Å². The average molecular weight is 610 g/mol. The van der Waals surface area contributed by atoms with Crippen molar-refractivity contribution in [3.63, 3.8) is 0 Å². The Labute approximate surface area is 230 Å². The van der Waals surface area contributed by atoms with Crippen LogP contribution in [0.2, 0.25) is 5.02 Å². The van der Waals surface area contributed by atoms with Crippen LogP contribution in [0.1, 0.15) is 25.5 Å². The van der Waals surface area contributed by atoms with E-state index in [1.165, 1.54) is 0 Å². The van der Waals surface area contributed by atoms with Crippen LogP contribution in [-0.2, 0) is 14.4 Å². The molecule has 1 heterocycles. The summed E-state index contributed by atoms with van der Waals surface area (Å²) in [4.78, 5) is 43.6. The van der Waals surface area contributed by atoms with Crippen LogP contribution >= 0.6 is 27.5 Å².